The van der Waals surface area contributed by atoms with Crippen molar-refractivity contribution in [2.45, 2.75) is 11.8 Å². The second-order valence-electron chi connectivity index (χ2n) is 4.10. The molecule has 106 valence electrons. The summed E-state index contributed by atoms with van der Waals surface area (Å²) in [6.45, 7) is 2.30. The van der Waals surface area contributed by atoms with Crippen LogP contribution in [0.25, 0.3) is 0 Å². The van der Waals surface area contributed by atoms with Crippen molar-refractivity contribution in [3.63, 3.8) is 0 Å². The molecule has 0 aliphatic heterocycles. The molecule has 20 heavy (non-hydrogen) atoms. The third-order valence-corrected chi connectivity index (χ3v) is 4.00. The maximum atomic E-state index is 12.3. The van der Waals surface area contributed by atoms with E-state index in [9.17, 15) is 8.42 Å². The fourth-order valence-electron chi connectivity index (χ4n) is 1.68. The summed E-state index contributed by atoms with van der Waals surface area (Å²) in [5, 5.41) is 0. The quantitative estimate of drug-likeness (QED) is 0.829. The average molecular weight is 292 g/mol. The number of nitrogens with one attached hydrogen (secondary N) is 1. The molecule has 0 aliphatic carbocycles. The van der Waals surface area contributed by atoms with Gasteiger partial charge < -0.3 is 10.5 Å². The molecule has 2 aromatic carbocycles. The first-order valence-corrected chi connectivity index (χ1v) is 7.61. The van der Waals surface area contributed by atoms with Crippen LogP contribution in [0, 0.1) is 0 Å². The number of rotatable bonds is 5. The predicted octanol–water partition coefficient (Wildman–Crippen LogP) is 2.47. The van der Waals surface area contributed by atoms with Crippen LogP contribution in [0.2, 0.25) is 0 Å². The summed E-state index contributed by atoms with van der Waals surface area (Å²) in [4.78, 5) is 0.151. The Bertz CT molecular complexity index is 682. The van der Waals surface area contributed by atoms with E-state index < -0.39 is 10.0 Å². The Kier molecular flexibility index (Phi) is 4.14. The van der Waals surface area contributed by atoms with E-state index in [-0.39, 0.29) is 4.90 Å². The predicted molar refractivity (Wildman–Crippen MR) is 79.3 cm³/mol. The molecule has 0 saturated heterocycles. The monoisotopic (exact) mass is 292 g/mol. The van der Waals surface area contributed by atoms with Gasteiger partial charge in [0.1, 0.15) is 5.75 Å². The molecule has 2 aromatic rings. The van der Waals surface area contributed by atoms with Crippen LogP contribution >= 0.6 is 0 Å². The van der Waals surface area contributed by atoms with Gasteiger partial charge in [0, 0.05) is 5.69 Å². The van der Waals surface area contributed by atoms with Crippen LogP contribution in [0.3, 0.4) is 0 Å². The molecule has 5 nitrogen and oxygen atoms in total. The highest BCUT2D eigenvalue weighted by atomic mass is 32.2. The number of benzene rings is 2. The maximum Gasteiger partial charge on any atom is 0.262 e. The first-order valence-electron chi connectivity index (χ1n) is 6.13. The van der Waals surface area contributed by atoms with E-state index in [1.165, 1.54) is 12.1 Å². The summed E-state index contributed by atoms with van der Waals surface area (Å²) in [7, 11) is -3.66. The van der Waals surface area contributed by atoms with Gasteiger partial charge >= 0.3 is 0 Å². The Morgan fingerprint density at radius 1 is 1.10 bits per heavy atom. The zero-order valence-corrected chi connectivity index (χ0v) is 11.9. The van der Waals surface area contributed by atoms with E-state index in [4.69, 9.17) is 10.5 Å². The van der Waals surface area contributed by atoms with Crippen molar-refractivity contribution in [3.05, 3.63) is 48.5 Å². The van der Waals surface area contributed by atoms with Crippen molar-refractivity contribution >= 4 is 21.4 Å². The molecule has 3 N–H and O–H groups in total. The van der Waals surface area contributed by atoms with Gasteiger partial charge in [-0.05, 0) is 43.3 Å². The van der Waals surface area contributed by atoms with Gasteiger partial charge in [0.25, 0.3) is 10.0 Å². The Morgan fingerprint density at radius 3 is 2.40 bits per heavy atom. The van der Waals surface area contributed by atoms with E-state index >= 15 is 0 Å². The van der Waals surface area contributed by atoms with E-state index in [1.807, 2.05) is 6.92 Å². The van der Waals surface area contributed by atoms with Gasteiger partial charge in [-0.1, -0.05) is 12.1 Å². The minimum absolute atomic E-state index is 0.151. The molecule has 0 atom stereocenters. The van der Waals surface area contributed by atoms with Crippen molar-refractivity contribution in [3.8, 4) is 5.75 Å². The lowest BCUT2D eigenvalue weighted by molar-refractivity contribution is 0.342. The molecule has 0 heterocycles. The lowest BCUT2D eigenvalue weighted by atomic mass is 10.3. The van der Waals surface area contributed by atoms with E-state index in [0.29, 0.717) is 23.7 Å². The fraction of sp³-hybridized carbons (Fsp3) is 0.143. The number of para-hydroxylation sites is 2. The second kappa shape index (κ2) is 5.83. The molecule has 2 rings (SSSR count). The number of nitrogens with two attached hydrogens (primary N) is 1. The van der Waals surface area contributed by atoms with Crippen molar-refractivity contribution in [2.75, 3.05) is 17.1 Å². The van der Waals surface area contributed by atoms with Crippen molar-refractivity contribution in [2.24, 2.45) is 0 Å². The normalized spacial score (nSPS) is 11.1. The molecule has 0 saturated carbocycles. The third kappa shape index (κ3) is 3.21. The van der Waals surface area contributed by atoms with Gasteiger partial charge in [-0.2, -0.15) is 0 Å². The van der Waals surface area contributed by atoms with Crippen LogP contribution < -0.4 is 15.2 Å². The Labute approximate surface area is 118 Å². The molecular formula is C14H16N2O3S. The Balaban J connectivity index is 2.31. The highest BCUT2D eigenvalue weighted by Gasteiger charge is 2.16. The van der Waals surface area contributed by atoms with E-state index in [0.717, 1.165) is 0 Å². The minimum Gasteiger partial charge on any atom is -0.492 e. The first kappa shape index (κ1) is 14.2. The summed E-state index contributed by atoms with van der Waals surface area (Å²) in [6, 6.07) is 12.9. The lowest BCUT2D eigenvalue weighted by Gasteiger charge is -2.12. The highest BCUT2D eigenvalue weighted by Crippen LogP contribution is 2.26. The molecule has 0 aromatic heterocycles. The van der Waals surface area contributed by atoms with Gasteiger partial charge in [0.15, 0.2) is 0 Å². The molecule has 0 spiro atoms. The molecule has 0 fully saturated rings. The Morgan fingerprint density at radius 2 is 1.75 bits per heavy atom. The van der Waals surface area contributed by atoms with Crippen LogP contribution in [0.15, 0.2) is 53.4 Å². The van der Waals surface area contributed by atoms with Gasteiger partial charge in [0.05, 0.1) is 17.2 Å². The maximum absolute atomic E-state index is 12.3. The standard InChI is InChI=1S/C14H16N2O3S/c1-2-19-14-6-4-3-5-13(14)16-20(17,18)12-9-7-11(15)8-10-12/h3-10,16H,2,15H2,1H3. The number of hydrogen-bond acceptors (Lipinski definition) is 4. The zero-order chi connectivity index (χ0) is 14.6. The molecular weight excluding hydrogens is 276 g/mol. The molecule has 0 amide bonds. The molecule has 0 unspecified atom stereocenters. The van der Waals surface area contributed by atoms with Crippen LogP contribution in [0.1, 0.15) is 6.92 Å². The van der Waals surface area contributed by atoms with Gasteiger partial charge in [-0.25, -0.2) is 8.42 Å². The molecule has 0 bridgehead atoms. The van der Waals surface area contributed by atoms with Crippen molar-refractivity contribution in [1.82, 2.24) is 0 Å². The molecule has 0 aliphatic rings. The van der Waals surface area contributed by atoms with Crippen LogP contribution in [-0.2, 0) is 10.0 Å². The molecule has 0 radical (unpaired) electrons. The van der Waals surface area contributed by atoms with Crippen LogP contribution in [-0.4, -0.2) is 15.0 Å². The van der Waals surface area contributed by atoms with Crippen molar-refractivity contribution in [1.29, 1.82) is 0 Å². The largest absolute Gasteiger partial charge is 0.492 e. The highest BCUT2D eigenvalue weighted by molar-refractivity contribution is 7.92. The van der Waals surface area contributed by atoms with E-state index in [2.05, 4.69) is 4.72 Å². The minimum atomic E-state index is -3.66. The summed E-state index contributed by atoms with van der Waals surface area (Å²) < 4.78 is 32.4. The summed E-state index contributed by atoms with van der Waals surface area (Å²) >= 11 is 0. The summed E-state index contributed by atoms with van der Waals surface area (Å²) in [5.41, 5.74) is 6.47. The Hall–Kier alpha value is -2.21. The first-order chi connectivity index (χ1) is 9.53. The number of ether oxygens (including phenoxy) is 1. The zero-order valence-electron chi connectivity index (χ0n) is 11.0. The van der Waals surface area contributed by atoms with Gasteiger partial charge in [0.2, 0.25) is 0 Å². The number of anilines is 2. The SMILES string of the molecule is CCOc1ccccc1NS(=O)(=O)c1ccc(N)cc1. The summed E-state index contributed by atoms with van der Waals surface area (Å²) in [5.74, 6) is 0.494. The molecule has 6 heteroatoms. The summed E-state index contributed by atoms with van der Waals surface area (Å²) in [6.07, 6.45) is 0. The van der Waals surface area contributed by atoms with Crippen LogP contribution in [0.4, 0.5) is 11.4 Å². The third-order valence-electron chi connectivity index (χ3n) is 2.62. The second-order valence-corrected chi connectivity index (χ2v) is 5.79. The average Bonchev–Trinajstić information content (AvgIpc) is 2.41. The van der Waals surface area contributed by atoms with Crippen LogP contribution in [0.5, 0.6) is 5.75 Å². The topological polar surface area (TPSA) is 81.4 Å². The van der Waals surface area contributed by atoms with Gasteiger partial charge in [-0.15, -0.1) is 0 Å². The number of sulfonamides is 1. The number of hydrogen-bond donors (Lipinski definition) is 2. The smallest absolute Gasteiger partial charge is 0.262 e. The van der Waals surface area contributed by atoms with Gasteiger partial charge in [-0.3, -0.25) is 4.72 Å². The lowest BCUT2D eigenvalue weighted by Crippen LogP contribution is -2.13. The van der Waals surface area contributed by atoms with Crippen molar-refractivity contribution < 1.29 is 13.2 Å². The van der Waals surface area contributed by atoms with E-state index in [1.54, 1.807) is 36.4 Å². The fourth-order valence-corrected chi connectivity index (χ4v) is 2.75. The number of nitrogen functional groups attached to an aromatic ring is 1.